The van der Waals surface area contributed by atoms with Gasteiger partial charge in [0.25, 0.3) is 0 Å². The van der Waals surface area contributed by atoms with Crippen LogP contribution in [0.3, 0.4) is 0 Å². The third-order valence-corrected chi connectivity index (χ3v) is 2.93. The van der Waals surface area contributed by atoms with Crippen LogP contribution in [0, 0.1) is 13.8 Å². The third-order valence-electron chi connectivity index (χ3n) is 2.31. The smallest absolute Gasteiger partial charge is 0.130 e. The molecular formula is C11H13N3S. The van der Waals surface area contributed by atoms with Gasteiger partial charge in [-0.05, 0) is 25.0 Å². The molecule has 1 N–H and O–H groups in total. The minimum absolute atomic E-state index is 0.829. The minimum atomic E-state index is 0.829. The summed E-state index contributed by atoms with van der Waals surface area (Å²) >= 11 is 1.38. The Labute approximate surface area is 93.3 Å². The molecule has 0 fully saturated rings. The van der Waals surface area contributed by atoms with Gasteiger partial charge in [-0.2, -0.15) is 0 Å². The van der Waals surface area contributed by atoms with Crippen LogP contribution in [0.5, 0.6) is 0 Å². The molecule has 0 amide bonds. The summed E-state index contributed by atoms with van der Waals surface area (Å²) in [5, 5.41) is 8.08. The average molecular weight is 219 g/mol. The van der Waals surface area contributed by atoms with E-state index in [0.29, 0.717) is 0 Å². The average Bonchev–Trinajstić information content (AvgIpc) is 2.69. The minimum Gasteiger partial charge on any atom is -0.370 e. The first-order valence-electron chi connectivity index (χ1n) is 4.83. The number of benzene rings is 1. The van der Waals surface area contributed by atoms with Crippen LogP contribution in [0.15, 0.2) is 24.4 Å². The number of nitrogens with zero attached hydrogens (tertiary/aromatic N) is 2. The van der Waals surface area contributed by atoms with E-state index < -0.39 is 0 Å². The number of aromatic nitrogens is 2. The van der Waals surface area contributed by atoms with Gasteiger partial charge in [0.2, 0.25) is 0 Å². The molecule has 0 radical (unpaired) electrons. The van der Waals surface area contributed by atoms with Crippen molar-refractivity contribution in [3.8, 4) is 0 Å². The number of aryl methyl sites for hydroxylation is 2. The van der Waals surface area contributed by atoms with Crippen molar-refractivity contribution in [2.75, 3.05) is 5.32 Å². The van der Waals surface area contributed by atoms with Crippen molar-refractivity contribution >= 4 is 16.5 Å². The first kappa shape index (κ1) is 10.1. The monoisotopic (exact) mass is 219 g/mol. The molecule has 0 atom stereocenters. The van der Waals surface area contributed by atoms with E-state index in [-0.39, 0.29) is 0 Å². The van der Waals surface area contributed by atoms with Gasteiger partial charge in [0.1, 0.15) is 5.00 Å². The largest absolute Gasteiger partial charge is 0.370 e. The predicted octanol–water partition coefficient (Wildman–Crippen LogP) is 2.77. The molecule has 1 aromatic carbocycles. The van der Waals surface area contributed by atoms with E-state index in [9.17, 15) is 0 Å². The van der Waals surface area contributed by atoms with Crippen molar-refractivity contribution in [3.63, 3.8) is 0 Å². The molecule has 0 unspecified atom stereocenters. The highest BCUT2D eigenvalue weighted by Gasteiger charge is 1.99. The van der Waals surface area contributed by atoms with Crippen LogP contribution < -0.4 is 5.32 Å². The van der Waals surface area contributed by atoms with Gasteiger partial charge in [-0.1, -0.05) is 28.3 Å². The van der Waals surface area contributed by atoms with Crippen LogP contribution in [-0.4, -0.2) is 9.59 Å². The Morgan fingerprint density at radius 1 is 1.33 bits per heavy atom. The molecule has 0 saturated heterocycles. The van der Waals surface area contributed by atoms with E-state index >= 15 is 0 Å². The van der Waals surface area contributed by atoms with Gasteiger partial charge in [0.05, 0.1) is 6.20 Å². The molecule has 2 aromatic rings. The molecule has 0 aliphatic rings. The highest BCUT2D eigenvalue weighted by Crippen LogP contribution is 2.14. The maximum atomic E-state index is 3.80. The second-order valence-electron chi connectivity index (χ2n) is 3.57. The van der Waals surface area contributed by atoms with Crippen molar-refractivity contribution in [2.24, 2.45) is 0 Å². The van der Waals surface area contributed by atoms with E-state index in [4.69, 9.17) is 0 Å². The van der Waals surface area contributed by atoms with Gasteiger partial charge in [-0.3, -0.25) is 0 Å². The molecule has 0 aliphatic carbocycles. The van der Waals surface area contributed by atoms with Gasteiger partial charge in [0.15, 0.2) is 0 Å². The van der Waals surface area contributed by atoms with Crippen LogP contribution in [0.1, 0.15) is 16.7 Å². The Morgan fingerprint density at radius 2 is 2.20 bits per heavy atom. The van der Waals surface area contributed by atoms with Gasteiger partial charge in [0, 0.05) is 18.1 Å². The van der Waals surface area contributed by atoms with Gasteiger partial charge in [-0.15, -0.1) is 5.10 Å². The first-order valence-corrected chi connectivity index (χ1v) is 5.60. The van der Waals surface area contributed by atoms with E-state index in [1.807, 2.05) is 0 Å². The summed E-state index contributed by atoms with van der Waals surface area (Å²) in [5.41, 5.74) is 3.93. The molecule has 0 saturated carbocycles. The number of rotatable bonds is 3. The predicted molar refractivity (Wildman–Crippen MR) is 63.2 cm³/mol. The summed E-state index contributed by atoms with van der Waals surface area (Å²) in [6.07, 6.45) is 1.74. The molecule has 0 bridgehead atoms. The lowest BCUT2D eigenvalue weighted by atomic mass is 10.1. The zero-order valence-electron chi connectivity index (χ0n) is 8.82. The molecule has 0 spiro atoms. The summed E-state index contributed by atoms with van der Waals surface area (Å²) in [6.45, 7) is 5.07. The summed E-state index contributed by atoms with van der Waals surface area (Å²) < 4.78 is 3.80. The van der Waals surface area contributed by atoms with Gasteiger partial charge >= 0.3 is 0 Å². The lowest BCUT2D eigenvalue weighted by molar-refractivity contribution is 1.11. The standard InChI is InChI=1S/C11H13N3S/c1-8-3-4-10(9(2)5-8)6-12-11-7-13-14-15-11/h3-5,7,12H,6H2,1-2H3. The Hall–Kier alpha value is -1.42. The summed E-state index contributed by atoms with van der Waals surface area (Å²) in [4.78, 5) is 0. The molecule has 1 heterocycles. The van der Waals surface area contributed by atoms with E-state index in [0.717, 1.165) is 11.5 Å². The zero-order valence-corrected chi connectivity index (χ0v) is 9.64. The highest BCUT2D eigenvalue weighted by atomic mass is 32.1. The lowest BCUT2D eigenvalue weighted by Crippen LogP contribution is -1.99. The fourth-order valence-electron chi connectivity index (χ4n) is 1.47. The normalized spacial score (nSPS) is 10.3. The van der Waals surface area contributed by atoms with E-state index in [1.165, 1.54) is 28.2 Å². The van der Waals surface area contributed by atoms with Crippen molar-refractivity contribution < 1.29 is 0 Å². The van der Waals surface area contributed by atoms with Crippen LogP contribution in [0.2, 0.25) is 0 Å². The van der Waals surface area contributed by atoms with Crippen molar-refractivity contribution in [1.82, 2.24) is 9.59 Å². The quantitative estimate of drug-likeness (QED) is 0.862. The fourth-order valence-corrected chi connectivity index (χ4v) is 1.88. The summed E-state index contributed by atoms with van der Waals surface area (Å²) in [6, 6.07) is 6.49. The summed E-state index contributed by atoms with van der Waals surface area (Å²) in [7, 11) is 0. The Morgan fingerprint density at radius 3 is 2.87 bits per heavy atom. The van der Waals surface area contributed by atoms with Crippen molar-refractivity contribution in [2.45, 2.75) is 20.4 Å². The van der Waals surface area contributed by atoms with Gasteiger partial charge < -0.3 is 5.32 Å². The maximum absolute atomic E-state index is 3.80. The van der Waals surface area contributed by atoms with Crippen LogP contribution in [-0.2, 0) is 6.54 Å². The molecule has 2 rings (SSSR count). The molecule has 4 heteroatoms. The maximum Gasteiger partial charge on any atom is 0.130 e. The van der Waals surface area contributed by atoms with E-state index in [2.05, 4.69) is 47.0 Å². The second kappa shape index (κ2) is 4.40. The molecule has 1 aromatic heterocycles. The number of nitrogens with one attached hydrogen (secondary N) is 1. The fraction of sp³-hybridized carbons (Fsp3) is 0.273. The zero-order chi connectivity index (χ0) is 10.7. The lowest BCUT2D eigenvalue weighted by Gasteiger charge is -2.07. The number of anilines is 1. The van der Waals surface area contributed by atoms with E-state index in [1.54, 1.807) is 6.20 Å². The SMILES string of the molecule is Cc1ccc(CNc2cnns2)c(C)c1. The second-order valence-corrected chi connectivity index (χ2v) is 4.35. The van der Waals surface area contributed by atoms with Crippen LogP contribution in [0.4, 0.5) is 5.00 Å². The molecule has 15 heavy (non-hydrogen) atoms. The Balaban J connectivity index is 2.05. The van der Waals surface area contributed by atoms with Gasteiger partial charge in [-0.25, -0.2) is 0 Å². The number of hydrogen-bond donors (Lipinski definition) is 1. The molecule has 3 nitrogen and oxygen atoms in total. The van der Waals surface area contributed by atoms with Crippen molar-refractivity contribution in [3.05, 3.63) is 41.1 Å². The van der Waals surface area contributed by atoms with Crippen LogP contribution in [0.25, 0.3) is 0 Å². The highest BCUT2D eigenvalue weighted by molar-refractivity contribution is 7.09. The Bertz CT molecular complexity index is 437. The summed E-state index contributed by atoms with van der Waals surface area (Å²) in [5.74, 6) is 0. The topological polar surface area (TPSA) is 37.8 Å². The van der Waals surface area contributed by atoms with Crippen molar-refractivity contribution in [1.29, 1.82) is 0 Å². The molecule has 0 aliphatic heterocycles. The molecular weight excluding hydrogens is 206 g/mol. The third kappa shape index (κ3) is 2.53. The molecule has 78 valence electrons. The van der Waals surface area contributed by atoms with Crippen LogP contribution >= 0.6 is 11.5 Å². The Kier molecular flexibility index (Phi) is 2.97. The first-order chi connectivity index (χ1) is 7.25. The number of hydrogen-bond acceptors (Lipinski definition) is 4.